The van der Waals surface area contributed by atoms with Crippen molar-refractivity contribution in [3.63, 3.8) is 0 Å². The van der Waals surface area contributed by atoms with Crippen molar-refractivity contribution in [2.24, 2.45) is 0 Å². The molecule has 0 heterocycles. The number of benzene rings is 1. The van der Waals surface area contributed by atoms with Crippen molar-refractivity contribution in [3.8, 4) is 11.5 Å². The van der Waals surface area contributed by atoms with E-state index >= 15 is 0 Å². The molecule has 5 nitrogen and oxygen atoms in total. The monoisotopic (exact) mass is 350 g/mol. The molecule has 104 valence electrons. The number of rotatable bonds is 5. The summed E-state index contributed by atoms with van der Waals surface area (Å²) in [5, 5.41) is 0.0718. The van der Waals surface area contributed by atoms with Gasteiger partial charge < -0.3 is 14.2 Å². The highest BCUT2D eigenvalue weighted by Crippen LogP contribution is 2.42. The number of ether oxygens (including phenoxy) is 3. The van der Waals surface area contributed by atoms with Crippen LogP contribution >= 0.6 is 27.5 Å². The Bertz CT molecular complexity index is 515. The number of Topliss-reactive ketones (excluding diaryl/α,β-unsaturated/α-hetero) is 1. The van der Waals surface area contributed by atoms with Crippen LogP contribution in [0.2, 0.25) is 5.02 Å². The highest BCUT2D eigenvalue weighted by molar-refractivity contribution is 9.10. The zero-order chi connectivity index (χ0) is 14.6. The number of hydrogen-bond donors (Lipinski definition) is 0. The Kier molecular flexibility index (Phi) is 5.62. The van der Waals surface area contributed by atoms with Crippen LogP contribution in [0.1, 0.15) is 17.3 Å². The largest absolute Gasteiger partial charge is 0.492 e. The molecule has 0 aliphatic heterocycles. The molecule has 0 saturated heterocycles. The van der Waals surface area contributed by atoms with Crippen molar-refractivity contribution >= 4 is 39.3 Å². The molecule has 1 aromatic carbocycles. The van der Waals surface area contributed by atoms with E-state index < -0.39 is 11.8 Å². The Morgan fingerprint density at radius 3 is 2.32 bits per heavy atom. The molecule has 0 unspecified atom stereocenters. The minimum Gasteiger partial charge on any atom is -0.492 e. The van der Waals surface area contributed by atoms with Gasteiger partial charge in [0.1, 0.15) is 0 Å². The fourth-order valence-corrected chi connectivity index (χ4v) is 2.46. The molecule has 0 bridgehead atoms. The van der Waals surface area contributed by atoms with Crippen LogP contribution < -0.4 is 9.47 Å². The summed E-state index contributed by atoms with van der Waals surface area (Å²) in [6, 6.07) is 1.45. The summed E-state index contributed by atoms with van der Waals surface area (Å²) in [6.07, 6.45) is 0. The van der Waals surface area contributed by atoms with E-state index in [4.69, 9.17) is 21.1 Å². The summed E-state index contributed by atoms with van der Waals surface area (Å²) in [4.78, 5) is 23.5. The van der Waals surface area contributed by atoms with Crippen LogP contribution in [0.15, 0.2) is 10.5 Å². The lowest BCUT2D eigenvalue weighted by molar-refractivity contribution is -0.137. The highest BCUT2D eigenvalue weighted by Gasteiger charge is 2.28. The SMILES string of the molecule is CCOC(=O)C(=O)c1c(Cl)cc(Br)c(OC)c1OC. The second kappa shape index (κ2) is 6.77. The third-order valence-electron chi connectivity index (χ3n) is 2.24. The number of esters is 1. The van der Waals surface area contributed by atoms with Crippen LogP contribution in [0, 0.1) is 0 Å². The van der Waals surface area contributed by atoms with E-state index in [1.807, 2.05) is 0 Å². The molecule has 7 heteroatoms. The van der Waals surface area contributed by atoms with Gasteiger partial charge in [-0.15, -0.1) is 0 Å². The molecule has 0 radical (unpaired) electrons. The summed E-state index contributed by atoms with van der Waals surface area (Å²) < 4.78 is 15.4. The fourth-order valence-electron chi connectivity index (χ4n) is 1.47. The van der Waals surface area contributed by atoms with Gasteiger partial charge in [0.2, 0.25) is 0 Å². The molecule has 0 spiro atoms. The minimum absolute atomic E-state index is 0.0718. The van der Waals surface area contributed by atoms with E-state index in [9.17, 15) is 9.59 Å². The topological polar surface area (TPSA) is 61.8 Å². The van der Waals surface area contributed by atoms with Gasteiger partial charge in [-0.3, -0.25) is 4.79 Å². The smallest absolute Gasteiger partial charge is 0.379 e. The molecule has 19 heavy (non-hydrogen) atoms. The van der Waals surface area contributed by atoms with Crippen molar-refractivity contribution in [3.05, 3.63) is 21.1 Å². The van der Waals surface area contributed by atoms with Gasteiger partial charge in [-0.25, -0.2) is 4.79 Å². The van der Waals surface area contributed by atoms with Gasteiger partial charge in [-0.1, -0.05) is 11.6 Å². The van der Waals surface area contributed by atoms with Crippen LogP contribution in [0.4, 0.5) is 0 Å². The first-order valence-electron chi connectivity index (χ1n) is 5.29. The molecule has 1 rings (SSSR count). The quantitative estimate of drug-likeness (QED) is 0.464. The van der Waals surface area contributed by atoms with Gasteiger partial charge in [0.05, 0.1) is 35.9 Å². The number of halogens is 2. The first kappa shape index (κ1) is 15.8. The number of ketones is 1. The zero-order valence-corrected chi connectivity index (χ0v) is 12.9. The standard InChI is InChI=1S/C12H12BrClO5/c1-4-19-12(16)9(15)8-7(14)5-6(13)10(17-2)11(8)18-3/h5H,4H2,1-3H3. The molecule has 1 aromatic rings. The molecule has 0 aliphatic rings. The summed E-state index contributed by atoms with van der Waals surface area (Å²) in [5.74, 6) is -1.51. The van der Waals surface area contributed by atoms with Crippen LogP contribution in [0.5, 0.6) is 11.5 Å². The van der Waals surface area contributed by atoms with Crippen LogP contribution in [-0.4, -0.2) is 32.6 Å². The Morgan fingerprint density at radius 2 is 1.84 bits per heavy atom. The molecular weight excluding hydrogens is 339 g/mol. The summed E-state index contributed by atoms with van der Waals surface area (Å²) in [6.45, 7) is 1.70. The Balaban J connectivity index is 3.41. The lowest BCUT2D eigenvalue weighted by atomic mass is 10.1. The lowest BCUT2D eigenvalue weighted by Crippen LogP contribution is -2.19. The maximum atomic E-state index is 12.0. The summed E-state index contributed by atoms with van der Waals surface area (Å²) >= 11 is 9.22. The van der Waals surface area contributed by atoms with Crippen LogP contribution in [-0.2, 0) is 9.53 Å². The molecule has 0 saturated carbocycles. The first-order chi connectivity index (χ1) is 8.97. The molecule has 0 aliphatic carbocycles. The second-order valence-electron chi connectivity index (χ2n) is 3.33. The molecule has 0 atom stereocenters. The second-order valence-corrected chi connectivity index (χ2v) is 4.59. The number of hydrogen-bond acceptors (Lipinski definition) is 5. The lowest BCUT2D eigenvalue weighted by Gasteiger charge is -2.14. The first-order valence-corrected chi connectivity index (χ1v) is 6.46. The third kappa shape index (κ3) is 3.19. The summed E-state index contributed by atoms with van der Waals surface area (Å²) in [7, 11) is 2.76. The van der Waals surface area contributed by atoms with Gasteiger partial charge >= 0.3 is 5.97 Å². The van der Waals surface area contributed by atoms with Crippen molar-refractivity contribution < 1.29 is 23.8 Å². The normalized spacial score (nSPS) is 9.95. The van der Waals surface area contributed by atoms with Gasteiger partial charge in [0.25, 0.3) is 5.78 Å². The van der Waals surface area contributed by atoms with E-state index in [0.29, 0.717) is 4.47 Å². The van der Waals surface area contributed by atoms with Gasteiger partial charge in [-0.05, 0) is 28.9 Å². The third-order valence-corrected chi connectivity index (χ3v) is 3.13. The fraction of sp³-hybridized carbons (Fsp3) is 0.333. The molecular formula is C12H12BrClO5. The minimum atomic E-state index is -0.993. The average molecular weight is 352 g/mol. The molecule has 0 amide bonds. The molecule has 0 N–H and O–H groups in total. The zero-order valence-electron chi connectivity index (χ0n) is 10.6. The van der Waals surface area contributed by atoms with Gasteiger partial charge in [0.15, 0.2) is 11.5 Å². The molecule has 0 fully saturated rings. The predicted molar refractivity (Wildman–Crippen MR) is 73.2 cm³/mol. The average Bonchev–Trinajstić information content (AvgIpc) is 2.37. The van der Waals surface area contributed by atoms with Crippen LogP contribution in [0.25, 0.3) is 0 Å². The number of carbonyl (C=O) groups is 2. The van der Waals surface area contributed by atoms with E-state index in [1.54, 1.807) is 6.92 Å². The number of methoxy groups -OCH3 is 2. The highest BCUT2D eigenvalue weighted by atomic mass is 79.9. The van der Waals surface area contributed by atoms with E-state index in [0.717, 1.165) is 0 Å². The van der Waals surface area contributed by atoms with Gasteiger partial charge in [-0.2, -0.15) is 0 Å². The number of carbonyl (C=O) groups excluding carboxylic acids is 2. The van der Waals surface area contributed by atoms with Crippen molar-refractivity contribution in [1.29, 1.82) is 0 Å². The predicted octanol–water partition coefficient (Wildman–Crippen LogP) is 2.87. The maximum Gasteiger partial charge on any atom is 0.379 e. The Labute approximate surface area is 123 Å². The van der Waals surface area contributed by atoms with Crippen molar-refractivity contribution in [1.82, 2.24) is 0 Å². The van der Waals surface area contributed by atoms with Crippen LogP contribution in [0.3, 0.4) is 0 Å². The van der Waals surface area contributed by atoms with E-state index in [2.05, 4.69) is 20.7 Å². The summed E-state index contributed by atoms with van der Waals surface area (Å²) in [5.41, 5.74) is -0.0809. The van der Waals surface area contributed by atoms with Gasteiger partial charge in [0, 0.05) is 0 Å². The van der Waals surface area contributed by atoms with Crippen molar-refractivity contribution in [2.75, 3.05) is 20.8 Å². The maximum absolute atomic E-state index is 12.0. The van der Waals surface area contributed by atoms with Crippen molar-refractivity contribution in [2.45, 2.75) is 6.92 Å². The molecule has 0 aromatic heterocycles. The Morgan fingerprint density at radius 1 is 1.26 bits per heavy atom. The Hall–Kier alpha value is -1.27. The van der Waals surface area contributed by atoms with E-state index in [-0.39, 0.29) is 28.7 Å². The van der Waals surface area contributed by atoms with E-state index in [1.165, 1.54) is 20.3 Å².